The van der Waals surface area contributed by atoms with E-state index in [1.54, 1.807) is 41.0 Å². The molecule has 24 heavy (non-hydrogen) atoms. The number of amides is 4. The van der Waals surface area contributed by atoms with Crippen LogP contribution in [0.25, 0.3) is 0 Å². The van der Waals surface area contributed by atoms with Crippen molar-refractivity contribution >= 4 is 17.8 Å². The molecular weight excluding hydrogens is 327 g/mol. The fourth-order valence-corrected chi connectivity index (χ4v) is 2.47. The predicted molar refractivity (Wildman–Crippen MR) is 75.2 cm³/mol. The molecule has 1 saturated carbocycles. The number of nitrogens with one attached hydrogen (secondary N) is 2. The van der Waals surface area contributed by atoms with E-state index in [-0.39, 0.29) is 6.54 Å². The van der Waals surface area contributed by atoms with Gasteiger partial charge in [0, 0.05) is 5.92 Å². The lowest BCUT2D eigenvalue weighted by Gasteiger charge is -2.29. The van der Waals surface area contributed by atoms with Crippen LogP contribution in [-0.4, -0.2) is 34.6 Å². The molecule has 9 heteroatoms. The van der Waals surface area contributed by atoms with Crippen molar-refractivity contribution in [1.29, 1.82) is 0 Å². The van der Waals surface area contributed by atoms with E-state index < -0.39 is 35.6 Å². The molecule has 0 bridgehead atoms. The summed E-state index contributed by atoms with van der Waals surface area (Å²) in [7, 11) is 0. The van der Waals surface area contributed by atoms with Gasteiger partial charge < -0.3 is 5.32 Å². The van der Waals surface area contributed by atoms with E-state index >= 15 is 0 Å². The van der Waals surface area contributed by atoms with E-state index in [9.17, 15) is 27.6 Å². The summed E-state index contributed by atoms with van der Waals surface area (Å²) in [6, 6.07) is 6.94. The Bertz CT molecular complexity index is 688. The maximum Gasteiger partial charge on any atom is 0.440 e. The number of alkyl halides is 3. The highest BCUT2D eigenvalue weighted by Gasteiger charge is 2.69. The number of halogens is 3. The summed E-state index contributed by atoms with van der Waals surface area (Å²) in [6.45, 7) is -0.317. The van der Waals surface area contributed by atoms with Gasteiger partial charge in [0.2, 0.25) is 5.91 Å². The fraction of sp³-hybridized carbons (Fsp3) is 0.400. The van der Waals surface area contributed by atoms with Crippen LogP contribution in [0.4, 0.5) is 18.0 Å². The zero-order chi connectivity index (χ0) is 17.5. The minimum atomic E-state index is -5.16. The molecule has 2 aliphatic rings. The fourth-order valence-electron chi connectivity index (χ4n) is 2.47. The minimum absolute atomic E-state index is 0.317. The second-order valence-corrected chi connectivity index (χ2v) is 5.82. The van der Waals surface area contributed by atoms with Gasteiger partial charge >= 0.3 is 12.2 Å². The van der Waals surface area contributed by atoms with E-state index in [4.69, 9.17) is 0 Å². The first-order chi connectivity index (χ1) is 11.2. The molecule has 128 valence electrons. The van der Waals surface area contributed by atoms with Gasteiger partial charge in [0.15, 0.2) is 0 Å². The van der Waals surface area contributed by atoms with Crippen LogP contribution in [0.5, 0.6) is 0 Å². The van der Waals surface area contributed by atoms with Gasteiger partial charge in [0.25, 0.3) is 11.6 Å². The van der Waals surface area contributed by atoms with E-state index in [1.807, 2.05) is 0 Å². The number of imide groups is 1. The first kappa shape index (κ1) is 16.3. The molecular formula is C15H14F3N3O3. The molecule has 1 heterocycles. The van der Waals surface area contributed by atoms with Gasteiger partial charge in [-0.05, 0) is 18.4 Å². The lowest BCUT2D eigenvalue weighted by molar-refractivity contribution is -0.204. The van der Waals surface area contributed by atoms with Crippen molar-refractivity contribution in [2.75, 3.05) is 0 Å². The Morgan fingerprint density at radius 1 is 1.25 bits per heavy atom. The predicted octanol–water partition coefficient (Wildman–Crippen LogP) is 1.52. The minimum Gasteiger partial charge on any atom is -0.318 e. The monoisotopic (exact) mass is 341 g/mol. The van der Waals surface area contributed by atoms with Gasteiger partial charge in [-0.2, -0.15) is 13.2 Å². The Hall–Kier alpha value is -2.58. The van der Waals surface area contributed by atoms with E-state index in [0.717, 1.165) is 0 Å². The lowest BCUT2D eigenvalue weighted by atomic mass is 10.1. The molecule has 1 atom stereocenters. The Labute approximate surface area is 135 Å². The molecule has 1 saturated heterocycles. The number of carbonyl (C=O) groups is 3. The Morgan fingerprint density at radius 2 is 1.88 bits per heavy atom. The number of hydrogen-bond donors (Lipinski definition) is 2. The highest BCUT2D eigenvalue weighted by atomic mass is 19.4. The zero-order valence-corrected chi connectivity index (χ0v) is 12.4. The van der Waals surface area contributed by atoms with Gasteiger partial charge in [-0.15, -0.1) is 0 Å². The average molecular weight is 341 g/mol. The smallest absolute Gasteiger partial charge is 0.318 e. The summed E-state index contributed by atoms with van der Waals surface area (Å²) in [6.07, 6.45) is -4.22. The van der Waals surface area contributed by atoms with Crippen molar-refractivity contribution in [2.24, 2.45) is 5.92 Å². The molecule has 4 amide bonds. The molecule has 1 aliphatic heterocycles. The first-order valence-electron chi connectivity index (χ1n) is 7.31. The Kier molecular flexibility index (Phi) is 3.73. The quantitative estimate of drug-likeness (QED) is 0.815. The molecule has 1 aromatic rings. The van der Waals surface area contributed by atoms with Gasteiger partial charge in [-0.25, -0.2) is 4.79 Å². The summed E-state index contributed by atoms with van der Waals surface area (Å²) >= 11 is 0. The van der Waals surface area contributed by atoms with Crippen LogP contribution < -0.4 is 10.6 Å². The van der Waals surface area contributed by atoms with Crippen LogP contribution in [0, 0.1) is 5.92 Å². The number of urea groups is 1. The van der Waals surface area contributed by atoms with Gasteiger partial charge in [0.1, 0.15) is 0 Å². The zero-order valence-electron chi connectivity index (χ0n) is 12.4. The maximum absolute atomic E-state index is 13.5. The van der Waals surface area contributed by atoms with Crippen LogP contribution in [-0.2, 0) is 16.1 Å². The van der Waals surface area contributed by atoms with Gasteiger partial charge in [-0.1, -0.05) is 30.3 Å². The molecule has 1 aliphatic carbocycles. The highest BCUT2D eigenvalue weighted by molar-refractivity contribution is 6.09. The standard InChI is InChI=1S/C15H14F3N3O3/c16-15(17,18)14(19-11(22)10-6-7-10)12(23)21(13(24)20-14)8-9-4-2-1-3-5-9/h1-5,10H,6-8H2,(H,19,22)(H,20,24)/t14-/m1/s1. The second-order valence-electron chi connectivity index (χ2n) is 5.82. The van der Waals surface area contributed by atoms with Crippen LogP contribution in [0.2, 0.25) is 0 Å². The number of hydrogen-bond acceptors (Lipinski definition) is 3. The van der Waals surface area contributed by atoms with Crippen LogP contribution in [0.3, 0.4) is 0 Å². The number of rotatable bonds is 4. The van der Waals surface area contributed by atoms with Crippen molar-refractivity contribution in [3.05, 3.63) is 35.9 Å². The molecule has 1 aromatic carbocycles. The molecule has 2 fully saturated rings. The number of carbonyl (C=O) groups excluding carboxylic acids is 3. The summed E-state index contributed by atoms with van der Waals surface area (Å²) < 4.78 is 40.6. The largest absolute Gasteiger partial charge is 0.440 e. The van der Waals surface area contributed by atoms with Crippen molar-refractivity contribution in [2.45, 2.75) is 31.2 Å². The molecule has 0 spiro atoms. The van der Waals surface area contributed by atoms with Crippen molar-refractivity contribution < 1.29 is 27.6 Å². The Morgan fingerprint density at radius 3 is 2.42 bits per heavy atom. The van der Waals surface area contributed by atoms with Crippen LogP contribution in [0.1, 0.15) is 18.4 Å². The summed E-state index contributed by atoms with van der Waals surface area (Å²) in [4.78, 5) is 36.6. The molecule has 3 rings (SSSR count). The van der Waals surface area contributed by atoms with E-state index in [0.29, 0.717) is 23.3 Å². The Balaban J connectivity index is 1.88. The van der Waals surface area contributed by atoms with Gasteiger partial charge in [-0.3, -0.25) is 19.8 Å². The normalized spacial score (nSPS) is 24.0. The third-order valence-electron chi connectivity index (χ3n) is 3.97. The average Bonchev–Trinajstić information content (AvgIpc) is 3.32. The molecule has 6 nitrogen and oxygen atoms in total. The first-order valence-corrected chi connectivity index (χ1v) is 7.31. The van der Waals surface area contributed by atoms with Crippen molar-refractivity contribution in [3.8, 4) is 0 Å². The SMILES string of the molecule is O=C(N[C@@]1(C(F)(F)F)NC(=O)N(Cc2ccccc2)C1=O)C1CC1. The van der Waals surface area contributed by atoms with Gasteiger partial charge in [0.05, 0.1) is 6.54 Å². The molecule has 2 N–H and O–H groups in total. The van der Waals surface area contributed by atoms with E-state index in [2.05, 4.69) is 0 Å². The second kappa shape index (κ2) is 5.50. The molecule has 0 aromatic heterocycles. The van der Waals surface area contributed by atoms with Crippen molar-refractivity contribution in [1.82, 2.24) is 15.5 Å². The van der Waals surface area contributed by atoms with Crippen LogP contribution >= 0.6 is 0 Å². The topological polar surface area (TPSA) is 78.5 Å². The third-order valence-corrected chi connectivity index (χ3v) is 3.97. The highest BCUT2D eigenvalue weighted by Crippen LogP contribution is 2.36. The summed E-state index contributed by atoms with van der Waals surface area (Å²) in [5.41, 5.74) is -2.91. The lowest BCUT2D eigenvalue weighted by Crippen LogP contribution is -2.69. The molecule has 0 unspecified atom stereocenters. The number of benzene rings is 1. The molecule has 0 radical (unpaired) electrons. The van der Waals surface area contributed by atoms with E-state index in [1.165, 1.54) is 0 Å². The van der Waals surface area contributed by atoms with Crippen LogP contribution in [0.15, 0.2) is 30.3 Å². The summed E-state index contributed by atoms with van der Waals surface area (Å²) in [5, 5.41) is 3.32. The summed E-state index contributed by atoms with van der Waals surface area (Å²) in [5.74, 6) is -2.96. The van der Waals surface area contributed by atoms with Crippen molar-refractivity contribution in [3.63, 3.8) is 0 Å². The number of nitrogens with zero attached hydrogens (tertiary/aromatic N) is 1. The third kappa shape index (κ3) is 2.70. The maximum atomic E-state index is 13.5.